The summed E-state index contributed by atoms with van der Waals surface area (Å²) in [5.74, 6) is 2.34. The van der Waals surface area contributed by atoms with E-state index in [0.29, 0.717) is 5.92 Å². The van der Waals surface area contributed by atoms with E-state index >= 15 is 0 Å². The molecule has 0 aromatic heterocycles. The lowest BCUT2D eigenvalue weighted by atomic mass is 9.88. The predicted octanol–water partition coefficient (Wildman–Crippen LogP) is 1.41. The Labute approximate surface area is 56.1 Å². The Bertz CT molecular complexity index is 110. The van der Waals surface area contributed by atoms with Gasteiger partial charge in [0.2, 0.25) is 0 Å². The van der Waals surface area contributed by atoms with Gasteiger partial charge in [0.25, 0.3) is 0 Å². The molecule has 2 aliphatic carbocycles. The van der Waals surface area contributed by atoms with Gasteiger partial charge in [-0.2, -0.15) is 0 Å². The Morgan fingerprint density at radius 2 is 2.00 bits per heavy atom. The maximum absolute atomic E-state index is 9.39. The average molecular weight is 126 g/mol. The standard InChI is InChI=1S/C8H14O/c1-5-2-6-3-7(5)8(9)4-6/h5-9H,2-4H2,1H3/t5-,6?,7?,8-/m1/s1. The van der Waals surface area contributed by atoms with Crippen LogP contribution in [0.4, 0.5) is 0 Å². The Hall–Kier alpha value is -0.0400. The third-order valence-corrected chi connectivity index (χ3v) is 3.11. The van der Waals surface area contributed by atoms with Gasteiger partial charge in [-0.25, -0.2) is 0 Å². The minimum atomic E-state index is 0.0544. The highest BCUT2D eigenvalue weighted by Gasteiger charge is 2.42. The van der Waals surface area contributed by atoms with E-state index in [1.54, 1.807) is 0 Å². The van der Waals surface area contributed by atoms with Gasteiger partial charge in [0.05, 0.1) is 6.10 Å². The molecular weight excluding hydrogens is 112 g/mol. The Morgan fingerprint density at radius 3 is 2.33 bits per heavy atom. The molecule has 1 heteroatoms. The summed E-state index contributed by atoms with van der Waals surface area (Å²) in [6.07, 6.45) is 3.83. The summed E-state index contributed by atoms with van der Waals surface area (Å²) in [5, 5.41) is 9.39. The number of hydrogen-bond donors (Lipinski definition) is 1. The Balaban J connectivity index is 2.13. The zero-order valence-electron chi connectivity index (χ0n) is 5.88. The summed E-state index contributed by atoms with van der Waals surface area (Å²) in [5.41, 5.74) is 0. The Kier molecular flexibility index (Phi) is 1.10. The zero-order valence-corrected chi connectivity index (χ0v) is 5.88. The lowest BCUT2D eigenvalue weighted by Gasteiger charge is -2.21. The molecule has 2 unspecified atom stereocenters. The largest absolute Gasteiger partial charge is 0.393 e. The zero-order chi connectivity index (χ0) is 6.43. The number of hydrogen-bond acceptors (Lipinski definition) is 1. The first-order chi connectivity index (χ1) is 4.27. The van der Waals surface area contributed by atoms with Crippen LogP contribution in [0.1, 0.15) is 26.2 Å². The highest BCUT2D eigenvalue weighted by atomic mass is 16.3. The molecule has 1 N–H and O–H groups in total. The van der Waals surface area contributed by atoms with Crippen molar-refractivity contribution in [3.8, 4) is 0 Å². The van der Waals surface area contributed by atoms with Crippen LogP contribution in [0.3, 0.4) is 0 Å². The number of aliphatic hydroxyl groups is 1. The van der Waals surface area contributed by atoms with Crippen molar-refractivity contribution in [2.45, 2.75) is 32.3 Å². The first-order valence-electron chi connectivity index (χ1n) is 3.95. The molecule has 0 spiro atoms. The van der Waals surface area contributed by atoms with E-state index in [4.69, 9.17) is 0 Å². The molecule has 1 nitrogen and oxygen atoms in total. The molecule has 2 fully saturated rings. The molecule has 52 valence electrons. The van der Waals surface area contributed by atoms with Gasteiger partial charge < -0.3 is 5.11 Å². The third kappa shape index (κ3) is 0.710. The SMILES string of the molecule is C[C@@H]1CC2CC1[C@H](O)C2. The molecule has 0 heterocycles. The van der Waals surface area contributed by atoms with Crippen LogP contribution in [0.25, 0.3) is 0 Å². The van der Waals surface area contributed by atoms with Crippen LogP contribution in [-0.2, 0) is 0 Å². The lowest BCUT2D eigenvalue weighted by Crippen LogP contribution is -2.21. The highest BCUT2D eigenvalue weighted by Crippen LogP contribution is 2.47. The lowest BCUT2D eigenvalue weighted by molar-refractivity contribution is 0.0866. The smallest absolute Gasteiger partial charge is 0.0573 e. The first-order valence-corrected chi connectivity index (χ1v) is 3.95. The summed E-state index contributed by atoms with van der Waals surface area (Å²) in [7, 11) is 0. The van der Waals surface area contributed by atoms with Gasteiger partial charge in [-0.3, -0.25) is 0 Å². The van der Waals surface area contributed by atoms with E-state index in [9.17, 15) is 5.11 Å². The molecule has 0 saturated heterocycles. The quantitative estimate of drug-likeness (QED) is 0.520. The maximum Gasteiger partial charge on any atom is 0.0573 e. The molecule has 0 aromatic carbocycles. The highest BCUT2D eigenvalue weighted by molar-refractivity contribution is 4.93. The molecule has 0 aromatic rings. The van der Waals surface area contributed by atoms with Crippen molar-refractivity contribution in [2.75, 3.05) is 0 Å². The van der Waals surface area contributed by atoms with Crippen molar-refractivity contribution in [3.63, 3.8) is 0 Å². The normalized spacial score (nSPS) is 56.7. The summed E-state index contributed by atoms with van der Waals surface area (Å²) >= 11 is 0. The van der Waals surface area contributed by atoms with E-state index < -0.39 is 0 Å². The minimum Gasteiger partial charge on any atom is -0.393 e. The van der Waals surface area contributed by atoms with E-state index in [1.165, 1.54) is 12.8 Å². The van der Waals surface area contributed by atoms with Crippen molar-refractivity contribution >= 4 is 0 Å². The van der Waals surface area contributed by atoms with E-state index in [2.05, 4.69) is 6.92 Å². The number of fused-ring (bicyclic) bond motifs is 2. The van der Waals surface area contributed by atoms with Crippen LogP contribution in [0, 0.1) is 17.8 Å². The van der Waals surface area contributed by atoms with Gasteiger partial charge in [-0.1, -0.05) is 6.92 Å². The maximum atomic E-state index is 9.39. The van der Waals surface area contributed by atoms with Gasteiger partial charge in [-0.15, -0.1) is 0 Å². The van der Waals surface area contributed by atoms with Gasteiger partial charge >= 0.3 is 0 Å². The molecule has 0 aliphatic heterocycles. The summed E-state index contributed by atoms with van der Waals surface area (Å²) in [6, 6.07) is 0. The fourth-order valence-corrected chi connectivity index (χ4v) is 2.66. The average Bonchev–Trinajstić information content (AvgIpc) is 2.22. The van der Waals surface area contributed by atoms with Gasteiger partial charge in [0.15, 0.2) is 0 Å². The van der Waals surface area contributed by atoms with E-state index in [1.807, 2.05) is 0 Å². The molecule has 2 aliphatic rings. The van der Waals surface area contributed by atoms with Gasteiger partial charge in [0.1, 0.15) is 0 Å². The topological polar surface area (TPSA) is 20.2 Å². The second-order valence-electron chi connectivity index (χ2n) is 3.78. The molecule has 4 atom stereocenters. The van der Waals surface area contributed by atoms with Crippen LogP contribution in [0.15, 0.2) is 0 Å². The molecule has 2 rings (SSSR count). The fraction of sp³-hybridized carbons (Fsp3) is 1.00. The van der Waals surface area contributed by atoms with Crippen molar-refractivity contribution in [3.05, 3.63) is 0 Å². The van der Waals surface area contributed by atoms with Crippen molar-refractivity contribution in [1.82, 2.24) is 0 Å². The second-order valence-corrected chi connectivity index (χ2v) is 3.78. The second kappa shape index (κ2) is 1.72. The Morgan fingerprint density at radius 1 is 1.22 bits per heavy atom. The number of aliphatic hydroxyl groups excluding tert-OH is 1. The van der Waals surface area contributed by atoms with Crippen LogP contribution >= 0.6 is 0 Å². The van der Waals surface area contributed by atoms with E-state index in [-0.39, 0.29) is 6.10 Å². The molecule has 2 saturated carbocycles. The van der Waals surface area contributed by atoms with Crippen LogP contribution in [-0.4, -0.2) is 11.2 Å². The fourth-order valence-electron chi connectivity index (χ4n) is 2.66. The van der Waals surface area contributed by atoms with E-state index in [0.717, 1.165) is 18.3 Å². The van der Waals surface area contributed by atoms with Crippen LogP contribution in [0.2, 0.25) is 0 Å². The molecule has 0 amide bonds. The van der Waals surface area contributed by atoms with Crippen molar-refractivity contribution < 1.29 is 5.11 Å². The molecule has 0 radical (unpaired) electrons. The molecular formula is C8H14O. The van der Waals surface area contributed by atoms with Gasteiger partial charge in [0, 0.05) is 0 Å². The predicted molar refractivity (Wildman–Crippen MR) is 36.0 cm³/mol. The van der Waals surface area contributed by atoms with Crippen LogP contribution in [0.5, 0.6) is 0 Å². The summed E-state index contributed by atoms with van der Waals surface area (Å²) in [6.45, 7) is 2.27. The minimum absolute atomic E-state index is 0.0544. The van der Waals surface area contributed by atoms with Crippen molar-refractivity contribution in [1.29, 1.82) is 0 Å². The summed E-state index contributed by atoms with van der Waals surface area (Å²) < 4.78 is 0. The van der Waals surface area contributed by atoms with Crippen molar-refractivity contribution in [2.24, 2.45) is 17.8 Å². The molecule has 9 heavy (non-hydrogen) atoms. The first kappa shape index (κ1) is 5.72. The van der Waals surface area contributed by atoms with Crippen LogP contribution < -0.4 is 0 Å². The third-order valence-electron chi connectivity index (χ3n) is 3.11. The van der Waals surface area contributed by atoms with Gasteiger partial charge in [-0.05, 0) is 37.0 Å². The molecule has 2 bridgehead atoms. The monoisotopic (exact) mass is 126 g/mol. The summed E-state index contributed by atoms with van der Waals surface area (Å²) in [4.78, 5) is 0. The number of rotatable bonds is 0.